The Kier molecular flexibility index (Phi) is 6.05. The van der Waals surface area contributed by atoms with Crippen molar-refractivity contribution in [2.75, 3.05) is 19.7 Å². The van der Waals surface area contributed by atoms with E-state index in [1.165, 1.54) is 0 Å². The number of likely N-dealkylation sites (tertiary alicyclic amines) is 1. The maximum Gasteiger partial charge on any atom is 0.260 e. The zero-order chi connectivity index (χ0) is 17.0. The molecule has 0 unspecified atom stereocenters. The molecule has 2 atom stereocenters. The van der Waals surface area contributed by atoms with Gasteiger partial charge in [0.25, 0.3) is 5.91 Å². The highest BCUT2D eigenvalue weighted by atomic mass is 16.5. The van der Waals surface area contributed by atoms with Crippen molar-refractivity contribution in [1.82, 2.24) is 4.90 Å². The molecular weight excluding hydrogens is 288 g/mol. The van der Waals surface area contributed by atoms with Gasteiger partial charge in [-0.15, -0.1) is 0 Å². The van der Waals surface area contributed by atoms with E-state index in [0.29, 0.717) is 11.8 Å². The quantitative estimate of drug-likeness (QED) is 0.907. The van der Waals surface area contributed by atoms with Gasteiger partial charge in [0.05, 0.1) is 0 Å². The number of carbonyl (C=O) groups excluding carboxylic acids is 1. The number of rotatable bonds is 5. The molecule has 0 saturated carbocycles. The molecule has 1 fully saturated rings. The van der Waals surface area contributed by atoms with Crippen molar-refractivity contribution >= 4 is 5.91 Å². The molecule has 1 aromatic carbocycles. The third-order valence-electron chi connectivity index (χ3n) is 4.70. The summed E-state index contributed by atoms with van der Waals surface area (Å²) in [6.45, 7) is 10.0. The fourth-order valence-corrected chi connectivity index (χ4v) is 3.14. The molecule has 2 rings (SSSR count). The fraction of sp³-hybridized carbons (Fsp3) is 0.632. The molecule has 1 aliphatic heterocycles. The number of carbonyl (C=O) groups is 1. The molecule has 1 aliphatic rings. The lowest BCUT2D eigenvalue weighted by Gasteiger charge is -2.34. The number of hydrogen-bond acceptors (Lipinski definition) is 3. The molecule has 0 bridgehead atoms. The van der Waals surface area contributed by atoms with Crippen molar-refractivity contribution in [3.8, 4) is 5.75 Å². The minimum Gasteiger partial charge on any atom is -0.483 e. The summed E-state index contributed by atoms with van der Waals surface area (Å²) in [4.78, 5) is 14.4. The highest BCUT2D eigenvalue weighted by Gasteiger charge is 2.26. The van der Waals surface area contributed by atoms with E-state index in [1.54, 1.807) is 0 Å². The molecule has 4 nitrogen and oxygen atoms in total. The summed E-state index contributed by atoms with van der Waals surface area (Å²) in [6, 6.07) is 6.33. The average Bonchev–Trinajstić information content (AvgIpc) is 2.52. The Balaban J connectivity index is 1.98. The monoisotopic (exact) mass is 318 g/mol. The molecule has 1 amide bonds. The standard InChI is InChI=1S/C19H30N2O2/c1-13(2)17-8-7-14(3)10-18(17)23-12-19(22)21-9-5-6-16(11-21)15(4)20/h7-8,10,13,15-16H,5-6,9,11-12,20H2,1-4H3/t15-,16+/m1/s1. The van der Waals surface area contributed by atoms with E-state index in [-0.39, 0.29) is 18.6 Å². The summed E-state index contributed by atoms with van der Waals surface area (Å²) in [5.74, 6) is 1.66. The lowest BCUT2D eigenvalue weighted by molar-refractivity contribution is -0.135. The predicted octanol–water partition coefficient (Wildman–Crippen LogP) is 3.08. The van der Waals surface area contributed by atoms with Crippen molar-refractivity contribution in [3.63, 3.8) is 0 Å². The molecule has 0 radical (unpaired) electrons. The van der Waals surface area contributed by atoms with E-state index in [1.807, 2.05) is 24.8 Å². The topological polar surface area (TPSA) is 55.6 Å². The molecule has 0 spiro atoms. The first kappa shape index (κ1) is 17.8. The number of nitrogens with zero attached hydrogens (tertiary/aromatic N) is 1. The van der Waals surface area contributed by atoms with Gasteiger partial charge in [0, 0.05) is 19.1 Å². The van der Waals surface area contributed by atoms with Gasteiger partial charge in [0.15, 0.2) is 6.61 Å². The van der Waals surface area contributed by atoms with Gasteiger partial charge in [0.2, 0.25) is 0 Å². The number of ether oxygens (including phenoxy) is 1. The smallest absolute Gasteiger partial charge is 0.260 e. The Morgan fingerprint density at radius 2 is 2.13 bits per heavy atom. The van der Waals surface area contributed by atoms with Crippen LogP contribution in [-0.4, -0.2) is 36.5 Å². The second-order valence-electron chi connectivity index (χ2n) is 7.09. The van der Waals surface area contributed by atoms with Gasteiger partial charge in [-0.05, 0) is 55.7 Å². The molecule has 0 aliphatic carbocycles. The van der Waals surface area contributed by atoms with Crippen molar-refractivity contribution < 1.29 is 9.53 Å². The predicted molar refractivity (Wildman–Crippen MR) is 93.7 cm³/mol. The van der Waals surface area contributed by atoms with Gasteiger partial charge in [-0.1, -0.05) is 26.0 Å². The van der Waals surface area contributed by atoms with Crippen LogP contribution >= 0.6 is 0 Å². The van der Waals surface area contributed by atoms with Crippen LogP contribution in [0.4, 0.5) is 0 Å². The Labute approximate surface area is 140 Å². The third-order valence-corrected chi connectivity index (χ3v) is 4.70. The SMILES string of the molecule is Cc1ccc(C(C)C)c(OCC(=O)N2CCC[C@H]([C@@H](C)N)C2)c1. The maximum atomic E-state index is 12.5. The van der Waals surface area contributed by atoms with Crippen molar-refractivity contribution in [1.29, 1.82) is 0 Å². The summed E-state index contributed by atoms with van der Waals surface area (Å²) >= 11 is 0. The molecule has 4 heteroatoms. The first-order chi connectivity index (χ1) is 10.9. The first-order valence-electron chi connectivity index (χ1n) is 8.65. The van der Waals surface area contributed by atoms with Crippen LogP contribution in [0.2, 0.25) is 0 Å². The largest absolute Gasteiger partial charge is 0.483 e. The number of hydrogen-bond donors (Lipinski definition) is 1. The summed E-state index contributed by atoms with van der Waals surface area (Å²) in [7, 11) is 0. The molecule has 128 valence electrons. The molecule has 1 heterocycles. The molecule has 1 aromatic rings. The van der Waals surface area contributed by atoms with E-state index < -0.39 is 0 Å². The van der Waals surface area contributed by atoms with E-state index in [2.05, 4.69) is 26.0 Å². The number of nitrogens with two attached hydrogens (primary N) is 1. The van der Waals surface area contributed by atoms with Gasteiger partial charge in [-0.25, -0.2) is 0 Å². The maximum absolute atomic E-state index is 12.5. The van der Waals surface area contributed by atoms with Crippen LogP contribution in [0.15, 0.2) is 18.2 Å². The van der Waals surface area contributed by atoms with Crippen molar-refractivity contribution in [2.45, 2.75) is 52.5 Å². The lowest BCUT2D eigenvalue weighted by atomic mass is 9.92. The Morgan fingerprint density at radius 3 is 2.78 bits per heavy atom. The summed E-state index contributed by atoms with van der Waals surface area (Å²) in [5, 5.41) is 0. The van der Waals surface area contributed by atoms with Gasteiger partial charge < -0.3 is 15.4 Å². The Morgan fingerprint density at radius 1 is 1.39 bits per heavy atom. The van der Waals surface area contributed by atoms with Crippen LogP contribution in [0, 0.1) is 12.8 Å². The Bertz CT molecular complexity index is 540. The number of amides is 1. The summed E-state index contributed by atoms with van der Waals surface area (Å²) in [5.41, 5.74) is 8.29. The van der Waals surface area contributed by atoms with Crippen molar-refractivity contribution in [3.05, 3.63) is 29.3 Å². The van der Waals surface area contributed by atoms with E-state index >= 15 is 0 Å². The second kappa shape index (κ2) is 7.82. The highest BCUT2D eigenvalue weighted by molar-refractivity contribution is 5.78. The molecule has 23 heavy (non-hydrogen) atoms. The van der Waals surface area contributed by atoms with Gasteiger partial charge >= 0.3 is 0 Å². The summed E-state index contributed by atoms with van der Waals surface area (Å²) < 4.78 is 5.87. The average molecular weight is 318 g/mol. The van der Waals surface area contributed by atoms with Gasteiger partial charge in [-0.3, -0.25) is 4.79 Å². The van der Waals surface area contributed by atoms with Crippen LogP contribution in [-0.2, 0) is 4.79 Å². The van der Waals surface area contributed by atoms with E-state index in [0.717, 1.165) is 42.8 Å². The lowest BCUT2D eigenvalue weighted by Crippen LogP contribution is -2.46. The minimum absolute atomic E-state index is 0.0616. The third kappa shape index (κ3) is 4.71. The van der Waals surface area contributed by atoms with Gasteiger partial charge in [0.1, 0.15) is 5.75 Å². The number of aryl methyl sites for hydroxylation is 1. The van der Waals surface area contributed by atoms with E-state index in [9.17, 15) is 4.79 Å². The van der Waals surface area contributed by atoms with Crippen LogP contribution < -0.4 is 10.5 Å². The van der Waals surface area contributed by atoms with Crippen LogP contribution in [0.5, 0.6) is 5.75 Å². The first-order valence-corrected chi connectivity index (χ1v) is 8.65. The Hall–Kier alpha value is -1.55. The fourth-order valence-electron chi connectivity index (χ4n) is 3.14. The van der Waals surface area contributed by atoms with E-state index in [4.69, 9.17) is 10.5 Å². The van der Waals surface area contributed by atoms with Crippen LogP contribution in [0.25, 0.3) is 0 Å². The zero-order valence-electron chi connectivity index (χ0n) is 14.8. The minimum atomic E-state index is 0.0616. The molecule has 1 saturated heterocycles. The molecule has 0 aromatic heterocycles. The normalized spacial score (nSPS) is 19.7. The highest BCUT2D eigenvalue weighted by Crippen LogP contribution is 2.27. The molecular formula is C19H30N2O2. The number of benzene rings is 1. The van der Waals surface area contributed by atoms with Crippen LogP contribution in [0.3, 0.4) is 0 Å². The van der Waals surface area contributed by atoms with Gasteiger partial charge in [-0.2, -0.15) is 0 Å². The van der Waals surface area contributed by atoms with Crippen molar-refractivity contribution in [2.24, 2.45) is 11.7 Å². The number of piperidine rings is 1. The molecule has 2 N–H and O–H groups in total. The second-order valence-corrected chi connectivity index (χ2v) is 7.09. The zero-order valence-corrected chi connectivity index (χ0v) is 14.8. The van der Waals surface area contributed by atoms with Crippen LogP contribution in [0.1, 0.15) is 50.7 Å². The summed E-state index contributed by atoms with van der Waals surface area (Å²) in [6.07, 6.45) is 2.14.